The molecule has 1 aromatic rings. The molecule has 22 heavy (non-hydrogen) atoms. The maximum absolute atomic E-state index is 12.3. The normalized spacial score (nSPS) is 34.8. The van der Waals surface area contributed by atoms with Crippen LogP contribution in [0.3, 0.4) is 0 Å². The molecule has 6 heteroatoms. The van der Waals surface area contributed by atoms with Crippen LogP contribution in [0.25, 0.3) is 0 Å². The van der Waals surface area contributed by atoms with Crippen LogP contribution in [0.5, 0.6) is 0 Å². The van der Waals surface area contributed by atoms with Crippen molar-refractivity contribution in [2.45, 2.75) is 24.5 Å². The minimum absolute atomic E-state index is 0.0211. The Morgan fingerprint density at radius 1 is 1.14 bits per heavy atom. The first kappa shape index (κ1) is 14.1. The Morgan fingerprint density at radius 3 is 2.32 bits per heavy atom. The van der Waals surface area contributed by atoms with Crippen LogP contribution in [-0.2, 0) is 4.79 Å². The fraction of sp³-hybridized carbons (Fsp3) is 0.375. The molecule has 0 radical (unpaired) electrons. The van der Waals surface area contributed by atoms with E-state index in [1.807, 2.05) is 18.2 Å². The predicted octanol–water partition coefficient (Wildman–Crippen LogP) is 0.926. The Labute approximate surface area is 127 Å². The molecule has 1 aliphatic carbocycles. The lowest BCUT2D eigenvalue weighted by Gasteiger charge is -2.43. The Morgan fingerprint density at radius 2 is 1.77 bits per heavy atom. The minimum Gasteiger partial charge on any atom is -0.371 e. The molecule has 1 heterocycles. The van der Waals surface area contributed by atoms with E-state index in [0.29, 0.717) is 5.56 Å². The molecule has 0 unspecified atom stereocenters. The van der Waals surface area contributed by atoms with Gasteiger partial charge in [-0.1, -0.05) is 30.3 Å². The van der Waals surface area contributed by atoms with E-state index >= 15 is 0 Å². The number of carbonyl (C=O) groups is 1. The first-order valence-corrected chi connectivity index (χ1v) is 6.81. The van der Waals surface area contributed by atoms with E-state index in [4.69, 9.17) is 0 Å². The third-order valence-electron chi connectivity index (χ3n) is 4.77. The van der Waals surface area contributed by atoms with Gasteiger partial charge >= 0.3 is 0 Å². The predicted molar refractivity (Wildman–Crippen MR) is 73.2 cm³/mol. The summed E-state index contributed by atoms with van der Waals surface area (Å²) in [5.41, 5.74) is -4.62. The van der Waals surface area contributed by atoms with Gasteiger partial charge in [0.25, 0.3) is 0 Å². The summed E-state index contributed by atoms with van der Waals surface area (Å²) in [4.78, 5) is 12.3. The number of rotatable bonds is 1. The van der Waals surface area contributed by atoms with Crippen molar-refractivity contribution < 1.29 is 9.90 Å². The molecule has 1 saturated heterocycles. The van der Waals surface area contributed by atoms with Gasteiger partial charge in [0.2, 0.25) is 5.91 Å². The molecule has 1 saturated carbocycles. The Kier molecular flexibility index (Phi) is 2.75. The molecule has 0 aromatic heterocycles. The molecule has 6 nitrogen and oxygen atoms in total. The summed E-state index contributed by atoms with van der Waals surface area (Å²) >= 11 is 0. The lowest BCUT2D eigenvalue weighted by molar-refractivity contribution is -0.128. The van der Waals surface area contributed by atoms with Crippen LogP contribution >= 0.6 is 0 Å². The molecule has 1 aliphatic heterocycles. The third kappa shape index (κ3) is 1.46. The summed E-state index contributed by atoms with van der Waals surface area (Å²) in [5, 5.41) is 41.9. The summed E-state index contributed by atoms with van der Waals surface area (Å²) in [6.07, 6.45) is -0.229. The average Bonchev–Trinajstić information content (AvgIpc) is 2.77. The molecular formula is C16H12N4O2. The van der Waals surface area contributed by atoms with Gasteiger partial charge in [-0.05, 0) is 5.56 Å². The number of carbonyl (C=O) groups excluding carboxylic acids is 1. The van der Waals surface area contributed by atoms with E-state index in [1.54, 1.807) is 30.3 Å². The van der Waals surface area contributed by atoms with Gasteiger partial charge < -0.3 is 10.4 Å². The second kappa shape index (κ2) is 4.31. The topological polar surface area (TPSA) is 121 Å². The maximum Gasteiger partial charge on any atom is 0.245 e. The number of nitrogens with one attached hydrogen (secondary N) is 1. The number of amides is 1. The standard InChI is InChI=1S/C16H12N4O2/c17-8-14-7-16(22,20-13(14)21)6-12(15(14,9-18)10-19)11-4-2-1-3-5-11/h1-5,12,22H,6-7H2,(H,20,21)/t12-,14+,16+/m1/s1. The highest BCUT2D eigenvalue weighted by molar-refractivity contribution is 5.91. The molecule has 2 bridgehead atoms. The minimum atomic E-state index is -1.87. The zero-order valence-corrected chi connectivity index (χ0v) is 11.6. The third-order valence-corrected chi connectivity index (χ3v) is 4.77. The number of fused-ring (bicyclic) bond motifs is 2. The van der Waals surface area contributed by atoms with Crippen LogP contribution < -0.4 is 5.32 Å². The second-order valence-corrected chi connectivity index (χ2v) is 5.88. The molecule has 2 aliphatic rings. The maximum atomic E-state index is 12.3. The van der Waals surface area contributed by atoms with E-state index in [9.17, 15) is 25.7 Å². The highest BCUT2D eigenvalue weighted by Crippen LogP contribution is 2.62. The van der Waals surface area contributed by atoms with Crippen LogP contribution in [-0.4, -0.2) is 16.7 Å². The van der Waals surface area contributed by atoms with Gasteiger partial charge in [-0.2, -0.15) is 15.8 Å². The number of hydrogen-bond acceptors (Lipinski definition) is 5. The summed E-state index contributed by atoms with van der Waals surface area (Å²) in [7, 11) is 0. The number of nitriles is 3. The molecule has 2 fully saturated rings. The average molecular weight is 292 g/mol. The zero-order chi connectivity index (χ0) is 16.0. The fourth-order valence-electron chi connectivity index (χ4n) is 3.71. The van der Waals surface area contributed by atoms with Crippen LogP contribution in [0.2, 0.25) is 0 Å². The van der Waals surface area contributed by atoms with Gasteiger partial charge in [0.1, 0.15) is 5.72 Å². The monoisotopic (exact) mass is 292 g/mol. The quantitative estimate of drug-likeness (QED) is 0.797. The van der Waals surface area contributed by atoms with Crippen molar-refractivity contribution in [3.63, 3.8) is 0 Å². The zero-order valence-electron chi connectivity index (χ0n) is 11.6. The summed E-state index contributed by atoms with van der Waals surface area (Å²) in [6.45, 7) is 0. The number of hydrogen-bond donors (Lipinski definition) is 2. The van der Waals surface area contributed by atoms with Crippen LogP contribution in [0, 0.1) is 44.8 Å². The number of nitrogens with zero attached hydrogens (tertiary/aromatic N) is 3. The Bertz CT molecular complexity index is 756. The van der Waals surface area contributed by atoms with E-state index in [1.165, 1.54) is 0 Å². The summed E-state index contributed by atoms with van der Waals surface area (Å²) in [5.74, 6) is -1.49. The van der Waals surface area contributed by atoms with Crippen LogP contribution in [0.1, 0.15) is 24.3 Å². The molecule has 108 valence electrons. The van der Waals surface area contributed by atoms with Gasteiger partial charge in [0.15, 0.2) is 10.8 Å². The molecule has 3 rings (SSSR count). The highest BCUT2D eigenvalue weighted by atomic mass is 16.3. The van der Waals surface area contributed by atoms with Gasteiger partial charge in [0, 0.05) is 18.8 Å². The van der Waals surface area contributed by atoms with Crippen molar-refractivity contribution in [1.82, 2.24) is 5.32 Å². The highest BCUT2D eigenvalue weighted by Gasteiger charge is 2.73. The first-order chi connectivity index (χ1) is 10.5. The van der Waals surface area contributed by atoms with Crippen molar-refractivity contribution >= 4 is 5.91 Å². The smallest absolute Gasteiger partial charge is 0.245 e. The van der Waals surface area contributed by atoms with Crippen molar-refractivity contribution in [3.05, 3.63) is 35.9 Å². The van der Waals surface area contributed by atoms with Crippen LogP contribution in [0.4, 0.5) is 0 Å². The van der Waals surface area contributed by atoms with Gasteiger partial charge in [-0.25, -0.2) is 0 Å². The van der Waals surface area contributed by atoms with Gasteiger partial charge in [-0.15, -0.1) is 0 Å². The van der Waals surface area contributed by atoms with E-state index in [-0.39, 0.29) is 12.8 Å². The van der Waals surface area contributed by atoms with Crippen molar-refractivity contribution in [3.8, 4) is 18.2 Å². The molecule has 1 aromatic carbocycles. The van der Waals surface area contributed by atoms with E-state index in [0.717, 1.165) is 0 Å². The number of aliphatic hydroxyl groups is 1. The molecular weight excluding hydrogens is 280 g/mol. The molecule has 2 N–H and O–H groups in total. The Hall–Kier alpha value is -2.88. The SMILES string of the molecule is N#CC1(C#N)[C@@H](c2ccccc2)C[C@]2(O)C[C@]1(C#N)C(=O)N2. The number of benzene rings is 1. The van der Waals surface area contributed by atoms with E-state index < -0.39 is 28.4 Å². The lowest BCUT2D eigenvalue weighted by atomic mass is 9.51. The van der Waals surface area contributed by atoms with Gasteiger partial charge in [-0.3, -0.25) is 4.79 Å². The molecule has 0 spiro atoms. The van der Waals surface area contributed by atoms with Crippen molar-refractivity contribution in [2.24, 2.45) is 10.8 Å². The van der Waals surface area contributed by atoms with Crippen molar-refractivity contribution in [2.75, 3.05) is 0 Å². The Balaban J connectivity index is 2.29. The molecule has 1 amide bonds. The molecule has 3 atom stereocenters. The summed E-state index contributed by atoms with van der Waals surface area (Å²) in [6, 6.07) is 14.5. The second-order valence-electron chi connectivity index (χ2n) is 5.88. The fourth-order valence-corrected chi connectivity index (χ4v) is 3.71. The van der Waals surface area contributed by atoms with Crippen molar-refractivity contribution in [1.29, 1.82) is 15.8 Å². The summed E-state index contributed by atoms with van der Waals surface area (Å²) < 4.78 is 0. The van der Waals surface area contributed by atoms with Gasteiger partial charge in [0.05, 0.1) is 18.2 Å². The van der Waals surface area contributed by atoms with Crippen LogP contribution in [0.15, 0.2) is 30.3 Å². The largest absolute Gasteiger partial charge is 0.371 e. The first-order valence-electron chi connectivity index (χ1n) is 6.81. The lowest BCUT2D eigenvalue weighted by Crippen LogP contribution is -2.52. The van der Waals surface area contributed by atoms with E-state index in [2.05, 4.69) is 5.32 Å².